The van der Waals surface area contributed by atoms with Gasteiger partial charge in [-0.15, -0.1) is 13.2 Å². The fourth-order valence-corrected chi connectivity index (χ4v) is 0.407. The van der Waals surface area contributed by atoms with E-state index in [0.29, 0.717) is 0 Å². The number of aliphatic hydroxyl groups is 1. The molecule has 0 aromatic rings. The lowest BCUT2D eigenvalue weighted by Crippen LogP contribution is -2.16. The minimum atomic E-state index is -0.165. The third kappa shape index (κ3) is 42.1. The molecule has 0 fully saturated rings. The lowest BCUT2D eigenvalue weighted by atomic mass is 10.4. The molecule has 0 amide bonds. The van der Waals surface area contributed by atoms with Gasteiger partial charge in [0, 0.05) is 0 Å². The van der Waals surface area contributed by atoms with Gasteiger partial charge in [-0.1, -0.05) is 29.7 Å². The maximum atomic E-state index is 8.26. The molecule has 100 valence electrons. The molecule has 1 unspecified atom stereocenters. The maximum Gasteiger partial charge on any atom is 0.108 e. The fraction of sp³-hybridized carbons (Fsp3) is 0.818. The second-order valence-electron chi connectivity index (χ2n) is 1.70. The molecule has 4 nitrogen and oxygen atoms in total. The summed E-state index contributed by atoms with van der Waals surface area (Å²) in [5, 5.41) is 16.1. The fourth-order valence-electron chi connectivity index (χ4n) is 0.407. The molecule has 0 aliphatic carbocycles. The summed E-state index contributed by atoms with van der Waals surface area (Å²) in [6.45, 7) is 8.16. The Morgan fingerprint density at radius 1 is 1.13 bits per heavy atom. The largest absolute Gasteiger partial charge is 0.394 e. The van der Waals surface area contributed by atoms with E-state index in [0.717, 1.165) is 0 Å². The number of ether oxygens (including phenoxy) is 1. The summed E-state index contributed by atoms with van der Waals surface area (Å²) in [4.78, 5) is 3.79. The van der Waals surface area contributed by atoms with Crippen LogP contribution in [0.1, 0.15) is 36.6 Å². The summed E-state index contributed by atoms with van der Waals surface area (Å²) in [5.41, 5.74) is 0. The molecule has 1 atom stereocenters. The van der Waals surface area contributed by atoms with Gasteiger partial charge in [0.1, 0.15) is 6.61 Å². The summed E-state index contributed by atoms with van der Waals surface area (Å²) in [6, 6.07) is 0. The summed E-state index contributed by atoms with van der Waals surface area (Å²) < 4.78 is 4.90. The predicted molar refractivity (Wildman–Crippen MR) is 69.3 cm³/mol. The molecule has 15 heavy (non-hydrogen) atoms. The molecule has 0 aliphatic heterocycles. The van der Waals surface area contributed by atoms with Gasteiger partial charge in [-0.2, -0.15) is 0 Å². The Morgan fingerprint density at radius 2 is 1.53 bits per heavy atom. The van der Waals surface area contributed by atoms with Gasteiger partial charge in [0.2, 0.25) is 0 Å². The quantitative estimate of drug-likeness (QED) is 0.431. The molecule has 0 saturated carbocycles. The van der Waals surface area contributed by atoms with Gasteiger partial charge >= 0.3 is 0 Å². The molecule has 0 spiro atoms. The van der Waals surface area contributed by atoms with Crippen LogP contribution in [0.2, 0.25) is 0 Å². The van der Waals surface area contributed by atoms with Crippen LogP contribution in [0.5, 0.6) is 0 Å². The van der Waals surface area contributed by atoms with E-state index < -0.39 is 0 Å². The van der Waals surface area contributed by atoms with Gasteiger partial charge in [-0.3, -0.25) is 5.26 Å². The highest BCUT2D eigenvalue weighted by atomic mass is 17.1. The zero-order chi connectivity index (χ0) is 9.11. The summed E-state index contributed by atoms with van der Waals surface area (Å²) in [7, 11) is 0. The molecule has 0 radical (unpaired) electrons. The van der Waals surface area contributed by atoms with Crippen LogP contribution in [-0.4, -0.2) is 36.3 Å². The zero-order valence-corrected chi connectivity index (χ0v) is 6.82. The number of rotatable bonds is 5. The first-order chi connectivity index (χ1) is 5.31. The Balaban J connectivity index is -0.0000000317. The Labute approximate surface area is 96.5 Å². The Bertz CT molecular complexity index is 69.6. The van der Waals surface area contributed by atoms with Crippen LogP contribution >= 0.6 is 0 Å². The van der Waals surface area contributed by atoms with Gasteiger partial charge in [-0.05, 0) is 6.92 Å². The standard InChI is InChI=1S/C5H12O4.C2H4.4CH4/c1-5(4-9-7)8-3-2-6;1-2;;;;/h5-7H,2-4H2,1H3;1-2H2;4*1H4. The van der Waals surface area contributed by atoms with Crippen molar-refractivity contribution in [2.24, 2.45) is 0 Å². The van der Waals surface area contributed by atoms with Crippen LogP contribution in [-0.2, 0) is 9.62 Å². The molecule has 2 N–H and O–H groups in total. The third-order valence-corrected chi connectivity index (χ3v) is 0.803. The molecule has 4 heteroatoms. The number of aliphatic hydroxyl groups excluding tert-OH is 1. The second-order valence-corrected chi connectivity index (χ2v) is 1.70. The highest BCUT2D eigenvalue weighted by Crippen LogP contribution is 1.88. The maximum absolute atomic E-state index is 8.26. The topological polar surface area (TPSA) is 58.9 Å². The second kappa shape index (κ2) is 37.4. The van der Waals surface area contributed by atoms with Gasteiger partial charge in [0.25, 0.3) is 0 Å². The van der Waals surface area contributed by atoms with Crippen LogP contribution in [0.3, 0.4) is 0 Å². The lowest BCUT2D eigenvalue weighted by molar-refractivity contribution is -0.259. The Morgan fingerprint density at radius 3 is 1.80 bits per heavy atom. The van der Waals surface area contributed by atoms with Crippen LogP contribution in [0, 0.1) is 0 Å². The SMILES string of the molecule is C.C.C.C.C=C.CC(COO)OCCO. The lowest BCUT2D eigenvalue weighted by Gasteiger charge is -2.08. The van der Waals surface area contributed by atoms with Crippen molar-refractivity contribution in [1.82, 2.24) is 0 Å². The van der Waals surface area contributed by atoms with Crippen LogP contribution in [0.4, 0.5) is 0 Å². The molecule has 0 heterocycles. The molecule has 0 rings (SSSR count). The normalized spacial score (nSPS) is 8.47. The van der Waals surface area contributed by atoms with Crippen molar-refractivity contribution in [2.45, 2.75) is 42.7 Å². The Kier molecular flexibility index (Phi) is 91.1. The molecule has 0 saturated heterocycles. The number of hydrogen-bond donors (Lipinski definition) is 2. The van der Waals surface area contributed by atoms with Gasteiger partial charge in [0.05, 0.1) is 19.3 Å². The first-order valence-electron chi connectivity index (χ1n) is 3.30. The van der Waals surface area contributed by atoms with Crippen molar-refractivity contribution in [3.8, 4) is 0 Å². The molecule has 0 aromatic heterocycles. The van der Waals surface area contributed by atoms with Gasteiger partial charge < -0.3 is 9.84 Å². The van der Waals surface area contributed by atoms with Crippen LogP contribution < -0.4 is 0 Å². The molecular weight excluding hydrogens is 196 g/mol. The van der Waals surface area contributed by atoms with E-state index in [1.165, 1.54) is 0 Å². The van der Waals surface area contributed by atoms with E-state index in [-0.39, 0.29) is 55.6 Å². The first-order valence-corrected chi connectivity index (χ1v) is 3.30. The van der Waals surface area contributed by atoms with E-state index in [9.17, 15) is 0 Å². The average Bonchev–Trinajstić information content (AvgIpc) is 2.05. The van der Waals surface area contributed by atoms with Crippen LogP contribution in [0.25, 0.3) is 0 Å². The van der Waals surface area contributed by atoms with E-state index in [1.807, 2.05) is 0 Å². The highest BCUT2D eigenvalue weighted by Gasteiger charge is 1.99. The highest BCUT2D eigenvalue weighted by molar-refractivity contribution is 4.43. The minimum Gasteiger partial charge on any atom is -0.394 e. The monoisotopic (exact) mass is 228 g/mol. The Hall–Kier alpha value is -0.420. The van der Waals surface area contributed by atoms with E-state index >= 15 is 0 Å². The smallest absolute Gasteiger partial charge is 0.108 e. The van der Waals surface area contributed by atoms with Crippen LogP contribution in [0.15, 0.2) is 13.2 Å². The number of hydrogen-bond acceptors (Lipinski definition) is 4. The van der Waals surface area contributed by atoms with Gasteiger partial charge in [-0.25, -0.2) is 4.89 Å². The average molecular weight is 228 g/mol. The van der Waals surface area contributed by atoms with Crippen molar-refractivity contribution in [1.29, 1.82) is 0 Å². The van der Waals surface area contributed by atoms with Crippen molar-refractivity contribution in [3.05, 3.63) is 13.2 Å². The molecule has 0 aliphatic rings. The van der Waals surface area contributed by atoms with Gasteiger partial charge in [0.15, 0.2) is 0 Å². The van der Waals surface area contributed by atoms with Crippen molar-refractivity contribution >= 4 is 0 Å². The molecular formula is C11H32O4. The third-order valence-electron chi connectivity index (χ3n) is 0.803. The van der Waals surface area contributed by atoms with Crippen molar-refractivity contribution in [3.63, 3.8) is 0 Å². The summed E-state index contributed by atoms with van der Waals surface area (Å²) >= 11 is 0. The molecule has 0 aromatic carbocycles. The van der Waals surface area contributed by atoms with E-state index in [1.54, 1.807) is 6.92 Å². The minimum absolute atomic E-state index is 0. The van der Waals surface area contributed by atoms with Crippen molar-refractivity contribution < 1.29 is 20.0 Å². The predicted octanol–water partition coefficient (Wildman–Crippen LogP) is 3.22. The zero-order valence-electron chi connectivity index (χ0n) is 6.82. The van der Waals surface area contributed by atoms with Crippen molar-refractivity contribution in [2.75, 3.05) is 19.8 Å². The van der Waals surface area contributed by atoms with E-state index in [2.05, 4.69) is 18.0 Å². The summed E-state index contributed by atoms with van der Waals surface area (Å²) in [6.07, 6.45) is -0.165. The van der Waals surface area contributed by atoms with E-state index in [4.69, 9.17) is 15.1 Å². The molecule has 0 bridgehead atoms. The summed E-state index contributed by atoms with van der Waals surface area (Å²) in [5.74, 6) is 0. The first kappa shape index (κ1) is 36.5.